The van der Waals surface area contributed by atoms with Crippen molar-refractivity contribution in [3.8, 4) is 0 Å². The Bertz CT molecular complexity index is 460. The van der Waals surface area contributed by atoms with Gasteiger partial charge in [0.25, 0.3) is 5.91 Å². The van der Waals surface area contributed by atoms with Gasteiger partial charge in [0.05, 0.1) is 6.10 Å². The molecule has 0 unspecified atom stereocenters. The minimum atomic E-state index is -0.516. The number of nitrogens with one attached hydrogen (secondary N) is 1. The summed E-state index contributed by atoms with van der Waals surface area (Å²) < 4.78 is 7.23. The highest BCUT2D eigenvalue weighted by atomic mass is 35.5. The molecule has 0 radical (unpaired) electrons. The van der Waals surface area contributed by atoms with Crippen LogP contribution in [0.15, 0.2) is 18.5 Å². The Labute approximate surface area is 131 Å². The molecule has 3 rings (SSSR count). The molecule has 1 N–H and O–H groups in total. The molecule has 6 nitrogen and oxygen atoms in total. The Morgan fingerprint density at radius 2 is 2.19 bits per heavy atom. The van der Waals surface area contributed by atoms with E-state index in [0.717, 1.165) is 38.9 Å². The van der Waals surface area contributed by atoms with Gasteiger partial charge < -0.3 is 15.0 Å². The maximum atomic E-state index is 13.1. The molecule has 2 saturated heterocycles. The van der Waals surface area contributed by atoms with Gasteiger partial charge in [0.2, 0.25) is 0 Å². The van der Waals surface area contributed by atoms with Gasteiger partial charge in [-0.05, 0) is 38.4 Å². The van der Waals surface area contributed by atoms with Crippen molar-refractivity contribution in [3.05, 3.63) is 18.5 Å². The van der Waals surface area contributed by atoms with Crippen LogP contribution in [0.3, 0.4) is 0 Å². The van der Waals surface area contributed by atoms with Gasteiger partial charge in [-0.3, -0.25) is 9.48 Å². The quantitative estimate of drug-likeness (QED) is 0.889. The van der Waals surface area contributed by atoms with Crippen molar-refractivity contribution in [1.82, 2.24) is 20.0 Å². The molecule has 0 saturated carbocycles. The summed E-state index contributed by atoms with van der Waals surface area (Å²) in [6.45, 7) is 3.19. The maximum absolute atomic E-state index is 13.1. The van der Waals surface area contributed by atoms with Gasteiger partial charge in [0.1, 0.15) is 5.54 Å². The van der Waals surface area contributed by atoms with Gasteiger partial charge in [-0.1, -0.05) is 0 Å². The summed E-state index contributed by atoms with van der Waals surface area (Å²) in [6, 6.07) is 1.89. The van der Waals surface area contributed by atoms with Crippen molar-refractivity contribution in [2.45, 2.75) is 30.9 Å². The third-order valence-electron chi connectivity index (χ3n) is 4.54. The van der Waals surface area contributed by atoms with E-state index in [1.54, 1.807) is 13.3 Å². The van der Waals surface area contributed by atoms with Crippen LogP contribution >= 0.6 is 12.4 Å². The first kappa shape index (κ1) is 16.3. The molecular formula is C14H23ClN4O2. The second-order valence-electron chi connectivity index (χ2n) is 5.63. The van der Waals surface area contributed by atoms with Crippen molar-refractivity contribution in [1.29, 1.82) is 0 Å². The monoisotopic (exact) mass is 314 g/mol. The number of carbonyl (C=O) groups excluding carboxylic acids is 1. The van der Waals surface area contributed by atoms with Gasteiger partial charge in [-0.15, -0.1) is 12.4 Å². The van der Waals surface area contributed by atoms with Crippen LogP contribution in [0.1, 0.15) is 19.3 Å². The maximum Gasteiger partial charge on any atom is 0.250 e. The zero-order valence-electron chi connectivity index (χ0n) is 12.3. The highest BCUT2D eigenvalue weighted by Gasteiger charge is 2.45. The first-order chi connectivity index (χ1) is 9.76. The molecule has 1 atom stereocenters. The standard InChI is InChI=1S/C14H22N4O2.ClH/c1-20-12-3-10-17(11-12)13(19)14(4-7-15-8-5-14)18-9-2-6-16-18;/h2,6,9,12,15H,3-5,7-8,10-11H2,1H3;1H/t12-;/m1./s1. The fraction of sp³-hybridized carbons (Fsp3) is 0.714. The molecule has 7 heteroatoms. The van der Waals surface area contributed by atoms with Crippen LogP contribution in [0.4, 0.5) is 0 Å². The number of amides is 1. The number of hydrogen-bond acceptors (Lipinski definition) is 4. The average molecular weight is 315 g/mol. The lowest BCUT2D eigenvalue weighted by Crippen LogP contribution is -2.55. The Balaban J connectivity index is 0.00000161. The molecule has 118 valence electrons. The summed E-state index contributed by atoms with van der Waals surface area (Å²) in [5.74, 6) is 0.197. The van der Waals surface area contributed by atoms with E-state index in [2.05, 4.69) is 10.4 Å². The van der Waals surface area contributed by atoms with E-state index in [9.17, 15) is 4.79 Å². The summed E-state index contributed by atoms with van der Waals surface area (Å²) in [5, 5.41) is 7.68. The van der Waals surface area contributed by atoms with Crippen LogP contribution in [0, 0.1) is 0 Å². The lowest BCUT2D eigenvalue weighted by molar-refractivity contribution is -0.142. The number of rotatable bonds is 3. The Morgan fingerprint density at radius 1 is 1.43 bits per heavy atom. The first-order valence-corrected chi connectivity index (χ1v) is 7.29. The molecule has 0 aliphatic carbocycles. The van der Waals surface area contributed by atoms with E-state index in [4.69, 9.17) is 4.74 Å². The van der Waals surface area contributed by atoms with E-state index in [1.807, 2.05) is 21.8 Å². The number of hydrogen-bond donors (Lipinski definition) is 1. The zero-order valence-corrected chi connectivity index (χ0v) is 13.1. The third kappa shape index (κ3) is 2.93. The minimum Gasteiger partial charge on any atom is -0.380 e. The summed E-state index contributed by atoms with van der Waals surface area (Å²) in [4.78, 5) is 15.0. The second-order valence-corrected chi connectivity index (χ2v) is 5.63. The van der Waals surface area contributed by atoms with Crippen LogP contribution in [-0.4, -0.2) is 60.0 Å². The Morgan fingerprint density at radius 3 is 2.76 bits per heavy atom. The van der Waals surface area contributed by atoms with Gasteiger partial charge in [-0.25, -0.2) is 0 Å². The van der Waals surface area contributed by atoms with Crippen molar-refractivity contribution in [2.24, 2.45) is 0 Å². The summed E-state index contributed by atoms with van der Waals surface area (Å²) in [6.07, 6.45) is 6.35. The van der Waals surface area contributed by atoms with Crippen LogP contribution in [0.5, 0.6) is 0 Å². The van der Waals surface area contributed by atoms with Crippen molar-refractivity contribution < 1.29 is 9.53 Å². The number of piperidine rings is 1. The second kappa shape index (κ2) is 6.77. The van der Waals surface area contributed by atoms with Crippen LogP contribution in [-0.2, 0) is 15.1 Å². The normalized spacial score (nSPS) is 24.6. The van der Waals surface area contributed by atoms with E-state index in [1.165, 1.54) is 0 Å². The predicted octanol–water partition coefficient (Wildman–Crippen LogP) is 0.631. The molecule has 2 aliphatic heterocycles. The molecule has 0 aromatic carbocycles. The number of likely N-dealkylation sites (tertiary alicyclic amines) is 1. The minimum absolute atomic E-state index is 0. The van der Waals surface area contributed by atoms with Gasteiger partial charge in [-0.2, -0.15) is 5.10 Å². The van der Waals surface area contributed by atoms with Crippen LogP contribution in [0.25, 0.3) is 0 Å². The smallest absolute Gasteiger partial charge is 0.250 e. The number of ether oxygens (including phenoxy) is 1. The van der Waals surface area contributed by atoms with E-state index < -0.39 is 5.54 Å². The lowest BCUT2D eigenvalue weighted by atomic mass is 9.87. The topological polar surface area (TPSA) is 59.4 Å². The molecule has 2 aliphatic rings. The largest absolute Gasteiger partial charge is 0.380 e. The first-order valence-electron chi connectivity index (χ1n) is 7.29. The molecule has 1 amide bonds. The number of halogens is 1. The van der Waals surface area contributed by atoms with E-state index >= 15 is 0 Å². The molecule has 1 aromatic rings. The Kier molecular flexibility index (Phi) is 5.24. The number of aromatic nitrogens is 2. The highest BCUT2D eigenvalue weighted by molar-refractivity contribution is 5.85. The SMILES string of the molecule is CO[C@@H]1CCN(C(=O)C2(n3cccn3)CCNCC2)C1.Cl. The van der Waals surface area contributed by atoms with Crippen molar-refractivity contribution >= 4 is 18.3 Å². The molecule has 1 aromatic heterocycles. The van der Waals surface area contributed by atoms with E-state index in [-0.39, 0.29) is 24.4 Å². The fourth-order valence-electron chi connectivity index (χ4n) is 3.30. The third-order valence-corrected chi connectivity index (χ3v) is 4.54. The van der Waals surface area contributed by atoms with Crippen molar-refractivity contribution in [3.63, 3.8) is 0 Å². The van der Waals surface area contributed by atoms with Crippen molar-refractivity contribution in [2.75, 3.05) is 33.3 Å². The molecule has 0 bridgehead atoms. The predicted molar refractivity (Wildman–Crippen MR) is 81.5 cm³/mol. The number of methoxy groups -OCH3 is 1. The number of nitrogens with zero attached hydrogens (tertiary/aromatic N) is 3. The average Bonchev–Trinajstić information content (AvgIpc) is 3.18. The Hall–Kier alpha value is -1.11. The molecule has 0 spiro atoms. The van der Waals surface area contributed by atoms with Crippen LogP contribution < -0.4 is 5.32 Å². The summed E-state index contributed by atoms with van der Waals surface area (Å²) in [7, 11) is 1.71. The number of carbonyl (C=O) groups is 1. The molecule has 3 heterocycles. The van der Waals surface area contributed by atoms with E-state index in [0.29, 0.717) is 6.54 Å². The fourth-order valence-corrected chi connectivity index (χ4v) is 3.30. The van der Waals surface area contributed by atoms with Crippen LogP contribution in [0.2, 0.25) is 0 Å². The summed E-state index contributed by atoms with van der Waals surface area (Å²) in [5.41, 5.74) is -0.516. The molecule has 2 fully saturated rings. The van der Waals surface area contributed by atoms with Gasteiger partial charge >= 0.3 is 0 Å². The molecular weight excluding hydrogens is 292 g/mol. The van der Waals surface area contributed by atoms with Gasteiger partial charge in [0.15, 0.2) is 0 Å². The highest BCUT2D eigenvalue weighted by Crippen LogP contribution is 2.31. The van der Waals surface area contributed by atoms with Gasteiger partial charge in [0, 0.05) is 32.6 Å². The summed E-state index contributed by atoms with van der Waals surface area (Å²) >= 11 is 0. The zero-order chi connectivity index (χ0) is 14.0. The molecule has 21 heavy (non-hydrogen) atoms. The lowest BCUT2D eigenvalue weighted by Gasteiger charge is -2.39.